The van der Waals surface area contributed by atoms with Gasteiger partial charge in [-0.1, -0.05) is 42.3 Å². The predicted octanol–water partition coefficient (Wildman–Crippen LogP) is 5.92. The minimum atomic E-state index is -4.52. The SMILES string of the molecule is CCOc1ccc(-c2nn(-c3ccc(C(=O)c4ccc(CC)c(S(=O)(=O)O)c4)cc3)c(=O)c3ccccc23)cc1SOOO. The van der Waals surface area contributed by atoms with Crippen LogP contribution in [0.1, 0.15) is 35.3 Å². The molecule has 5 aromatic rings. The Morgan fingerprint density at radius 1 is 0.932 bits per heavy atom. The second-order valence-electron chi connectivity index (χ2n) is 9.46. The highest BCUT2D eigenvalue weighted by molar-refractivity contribution is 7.94. The highest BCUT2D eigenvalue weighted by atomic mass is 32.2. The lowest BCUT2D eigenvalue weighted by molar-refractivity contribution is -0.432. The van der Waals surface area contributed by atoms with Gasteiger partial charge < -0.3 is 4.74 Å². The monoisotopic (exact) mass is 634 g/mol. The number of hydrogen-bond acceptors (Lipinski definition) is 10. The van der Waals surface area contributed by atoms with Crippen molar-refractivity contribution in [3.63, 3.8) is 0 Å². The van der Waals surface area contributed by atoms with Crippen LogP contribution >= 0.6 is 12.0 Å². The summed E-state index contributed by atoms with van der Waals surface area (Å²) in [6, 6.07) is 22.6. The Morgan fingerprint density at radius 3 is 2.30 bits per heavy atom. The average molecular weight is 635 g/mol. The van der Waals surface area contributed by atoms with E-state index in [1.54, 1.807) is 61.5 Å². The molecule has 0 saturated carbocycles. The fourth-order valence-corrected chi connectivity index (χ4v) is 6.08. The van der Waals surface area contributed by atoms with Gasteiger partial charge in [-0.2, -0.15) is 18.2 Å². The van der Waals surface area contributed by atoms with E-state index in [9.17, 15) is 22.6 Å². The summed E-state index contributed by atoms with van der Waals surface area (Å²) in [5, 5.41) is 18.1. The van der Waals surface area contributed by atoms with Crippen molar-refractivity contribution in [1.29, 1.82) is 0 Å². The standard InChI is InChI=1S/C31H26N2O9S2/c1-3-19-9-10-22(18-28(19)44(37,38)39)30(34)20-11-14-23(15-12-20)33-31(35)25-8-6-5-7-24(25)29(32-33)21-13-16-26(40-4-2)27(17-21)43-42-41-36/h5-18,36H,3-4H2,1-2H3,(H,37,38,39). The summed E-state index contributed by atoms with van der Waals surface area (Å²) in [6.45, 7) is 3.96. The molecule has 0 aliphatic heterocycles. The summed E-state index contributed by atoms with van der Waals surface area (Å²) < 4.78 is 44.9. The van der Waals surface area contributed by atoms with Crippen LogP contribution in [-0.2, 0) is 25.9 Å². The number of rotatable bonds is 11. The Morgan fingerprint density at radius 2 is 1.64 bits per heavy atom. The Hall–Kier alpha value is -4.37. The molecule has 0 spiro atoms. The molecule has 226 valence electrons. The Labute approximate surface area is 256 Å². The summed E-state index contributed by atoms with van der Waals surface area (Å²) in [4.78, 5) is 27.0. The van der Waals surface area contributed by atoms with E-state index < -0.39 is 15.9 Å². The molecule has 0 atom stereocenters. The molecule has 0 radical (unpaired) electrons. The maximum Gasteiger partial charge on any atom is 0.294 e. The number of carbonyl (C=O) groups excluding carboxylic acids is 1. The highest BCUT2D eigenvalue weighted by Crippen LogP contribution is 2.35. The molecule has 11 nitrogen and oxygen atoms in total. The van der Waals surface area contributed by atoms with Crippen molar-refractivity contribution in [3.05, 3.63) is 112 Å². The zero-order chi connectivity index (χ0) is 31.4. The molecule has 0 aliphatic rings. The third-order valence-electron chi connectivity index (χ3n) is 6.84. The van der Waals surface area contributed by atoms with Gasteiger partial charge in [0.15, 0.2) is 5.78 Å². The summed E-state index contributed by atoms with van der Waals surface area (Å²) in [7, 11) is -4.52. The predicted molar refractivity (Wildman–Crippen MR) is 164 cm³/mol. The van der Waals surface area contributed by atoms with Gasteiger partial charge in [-0.25, -0.2) is 5.26 Å². The maximum absolute atomic E-state index is 13.6. The first-order chi connectivity index (χ1) is 21.2. The molecule has 0 fully saturated rings. The van der Waals surface area contributed by atoms with Crippen LogP contribution in [-0.4, -0.2) is 40.4 Å². The first-order valence-corrected chi connectivity index (χ1v) is 15.5. The van der Waals surface area contributed by atoms with Gasteiger partial charge in [0.25, 0.3) is 15.7 Å². The molecule has 0 saturated heterocycles. The van der Waals surface area contributed by atoms with Gasteiger partial charge in [-0.15, -0.1) is 4.33 Å². The molecule has 5 rings (SSSR count). The van der Waals surface area contributed by atoms with Crippen molar-refractivity contribution < 1.29 is 37.1 Å². The first-order valence-electron chi connectivity index (χ1n) is 13.4. The van der Waals surface area contributed by atoms with E-state index in [2.05, 4.69) is 14.5 Å². The van der Waals surface area contributed by atoms with Gasteiger partial charge in [-0.3, -0.25) is 14.1 Å². The molecule has 4 aromatic carbocycles. The van der Waals surface area contributed by atoms with Crippen LogP contribution in [0.15, 0.2) is 99.5 Å². The molecule has 0 amide bonds. The molecule has 1 aromatic heterocycles. The number of carbonyl (C=O) groups is 1. The van der Waals surface area contributed by atoms with Crippen LogP contribution in [0.2, 0.25) is 0 Å². The summed E-state index contributed by atoms with van der Waals surface area (Å²) in [6.07, 6.45) is 0.357. The van der Waals surface area contributed by atoms with Gasteiger partial charge in [0.2, 0.25) is 0 Å². The van der Waals surface area contributed by atoms with E-state index >= 15 is 0 Å². The molecule has 13 heteroatoms. The van der Waals surface area contributed by atoms with Gasteiger partial charge in [0.1, 0.15) is 5.75 Å². The maximum atomic E-state index is 13.6. The van der Waals surface area contributed by atoms with Gasteiger partial charge in [0, 0.05) is 22.1 Å². The Bertz CT molecular complexity index is 2030. The number of nitrogens with zero attached hydrogens (tertiary/aromatic N) is 2. The van der Waals surface area contributed by atoms with E-state index in [0.29, 0.717) is 57.0 Å². The number of aromatic nitrogens is 2. The van der Waals surface area contributed by atoms with E-state index in [1.807, 2.05) is 6.92 Å². The number of hydrogen-bond donors (Lipinski definition) is 2. The summed E-state index contributed by atoms with van der Waals surface area (Å²) in [5.74, 6) is 0.0290. The molecule has 1 heterocycles. The van der Waals surface area contributed by atoms with Crippen LogP contribution < -0.4 is 10.3 Å². The third-order valence-corrected chi connectivity index (χ3v) is 8.40. The van der Waals surface area contributed by atoms with Crippen molar-refractivity contribution in [2.45, 2.75) is 30.1 Å². The topological polar surface area (TPSA) is 154 Å². The van der Waals surface area contributed by atoms with Crippen LogP contribution in [0.5, 0.6) is 5.75 Å². The van der Waals surface area contributed by atoms with Crippen LogP contribution in [0.25, 0.3) is 27.7 Å². The largest absolute Gasteiger partial charge is 0.493 e. The lowest BCUT2D eigenvalue weighted by Crippen LogP contribution is -2.22. The molecule has 0 bridgehead atoms. The fourth-order valence-electron chi connectivity index (χ4n) is 4.77. The second-order valence-corrected chi connectivity index (χ2v) is 11.6. The molecule has 2 N–H and O–H groups in total. The van der Waals surface area contributed by atoms with Crippen LogP contribution in [0, 0.1) is 0 Å². The van der Waals surface area contributed by atoms with Crippen molar-refractivity contribution in [3.8, 4) is 22.7 Å². The van der Waals surface area contributed by atoms with Crippen LogP contribution in [0.3, 0.4) is 0 Å². The quantitative estimate of drug-likeness (QED) is 0.0585. The number of ether oxygens (including phenoxy) is 1. The number of fused-ring (bicyclic) bond motifs is 1. The summed E-state index contributed by atoms with van der Waals surface area (Å²) >= 11 is 0.739. The van der Waals surface area contributed by atoms with E-state index in [-0.39, 0.29) is 21.6 Å². The normalized spacial score (nSPS) is 11.5. The van der Waals surface area contributed by atoms with Crippen molar-refractivity contribution in [2.75, 3.05) is 6.61 Å². The van der Waals surface area contributed by atoms with Crippen LogP contribution in [0.4, 0.5) is 0 Å². The minimum Gasteiger partial charge on any atom is -0.493 e. The third kappa shape index (κ3) is 6.28. The highest BCUT2D eigenvalue weighted by Gasteiger charge is 2.20. The lowest BCUT2D eigenvalue weighted by atomic mass is 10.0. The number of aryl methyl sites for hydroxylation is 1. The smallest absolute Gasteiger partial charge is 0.294 e. The lowest BCUT2D eigenvalue weighted by Gasteiger charge is -2.14. The minimum absolute atomic E-state index is 0.0885. The van der Waals surface area contributed by atoms with Crippen molar-refractivity contribution in [1.82, 2.24) is 9.78 Å². The van der Waals surface area contributed by atoms with E-state index in [1.165, 1.54) is 28.9 Å². The average Bonchev–Trinajstić information content (AvgIpc) is 3.04. The number of benzene rings is 4. The molecule has 0 unspecified atom stereocenters. The van der Waals surface area contributed by atoms with Crippen molar-refractivity contribution in [2.24, 2.45) is 0 Å². The molecular formula is C31H26N2O9S2. The second kappa shape index (κ2) is 13.1. The number of ketones is 1. The summed E-state index contributed by atoms with van der Waals surface area (Å²) in [5.41, 5.74) is 1.83. The molecule has 0 aliphatic carbocycles. The van der Waals surface area contributed by atoms with Gasteiger partial charge >= 0.3 is 0 Å². The zero-order valence-electron chi connectivity index (χ0n) is 23.5. The van der Waals surface area contributed by atoms with E-state index in [0.717, 1.165) is 18.1 Å². The van der Waals surface area contributed by atoms with E-state index in [4.69, 9.17) is 9.99 Å². The van der Waals surface area contributed by atoms with Crippen molar-refractivity contribution >= 4 is 38.7 Å². The fraction of sp³-hybridized carbons (Fsp3) is 0.129. The molecular weight excluding hydrogens is 608 g/mol. The Balaban J connectivity index is 1.57. The van der Waals surface area contributed by atoms with Gasteiger partial charge in [-0.05, 0) is 73.5 Å². The molecule has 44 heavy (non-hydrogen) atoms. The first kappa shape index (κ1) is 31.1. The van der Waals surface area contributed by atoms with Gasteiger partial charge in [0.05, 0.1) is 45.2 Å². The Kier molecular flexibility index (Phi) is 9.25. The zero-order valence-corrected chi connectivity index (χ0v) is 25.1.